The molecule has 0 fully saturated rings. The zero-order chi connectivity index (χ0) is 11.5. The van der Waals surface area contributed by atoms with Gasteiger partial charge in [0.15, 0.2) is 0 Å². The van der Waals surface area contributed by atoms with Gasteiger partial charge in [0.1, 0.15) is 0 Å². The van der Waals surface area contributed by atoms with Crippen LogP contribution in [0, 0.1) is 11.8 Å². The number of ether oxygens (including phenoxy) is 1. The van der Waals surface area contributed by atoms with Crippen LogP contribution < -0.4 is 0 Å². The Hall–Kier alpha value is -1.27. The zero-order valence-corrected chi connectivity index (χ0v) is 9.58. The van der Waals surface area contributed by atoms with Crippen molar-refractivity contribution in [2.75, 3.05) is 26.2 Å². The molecule has 0 radical (unpaired) electrons. The monoisotopic (exact) mass is 209 g/mol. The van der Waals surface area contributed by atoms with Crippen LogP contribution in [0.25, 0.3) is 0 Å². The van der Waals surface area contributed by atoms with Crippen LogP contribution in [0.2, 0.25) is 0 Å². The fourth-order valence-corrected chi connectivity index (χ4v) is 1.15. The van der Waals surface area contributed by atoms with Gasteiger partial charge in [-0.2, -0.15) is 0 Å². The Morgan fingerprint density at radius 1 is 1.60 bits per heavy atom. The predicted molar refractivity (Wildman–Crippen MR) is 61.3 cm³/mol. The maximum Gasteiger partial charge on any atom is 0.320 e. The fourth-order valence-electron chi connectivity index (χ4n) is 1.15. The molecule has 0 saturated carbocycles. The molecule has 0 aliphatic rings. The Bertz CT molecular complexity index is 250. The topological polar surface area (TPSA) is 29.5 Å². The highest BCUT2D eigenvalue weighted by atomic mass is 16.5. The van der Waals surface area contributed by atoms with Crippen molar-refractivity contribution < 1.29 is 9.53 Å². The summed E-state index contributed by atoms with van der Waals surface area (Å²) in [6.45, 7) is 9.46. The summed E-state index contributed by atoms with van der Waals surface area (Å²) in [5.74, 6) is 5.60. The first-order valence-corrected chi connectivity index (χ1v) is 5.13. The minimum absolute atomic E-state index is 0.191. The molecule has 0 aliphatic heterocycles. The van der Waals surface area contributed by atoms with Gasteiger partial charge in [-0.3, -0.25) is 9.69 Å². The van der Waals surface area contributed by atoms with Crippen molar-refractivity contribution >= 4 is 5.97 Å². The molecule has 0 atom stereocenters. The number of nitrogens with zero attached hydrogens (tertiary/aromatic N) is 1. The largest absolute Gasteiger partial charge is 0.465 e. The SMILES string of the molecule is C=CCN(CCC#CC)CC(=O)OCC. The Labute approximate surface area is 92.1 Å². The first kappa shape index (κ1) is 13.7. The third-order valence-corrected chi connectivity index (χ3v) is 1.78. The lowest BCUT2D eigenvalue weighted by Crippen LogP contribution is -2.32. The van der Waals surface area contributed by atoms with Crippen LogP contribution in [0.4, 0.5) is 0 Å². The molecular weight excluding hydrogens is 190 g/mol. The maximum atomic E-state index is 11.2. The number of carbonyl (C=O) groups excluding carboxylic acids is 1. The molecule has 0 amide bonds. The zero-order valence-electron chi connectivity index (χ0n) is 9.58. The van der Waals surface area contributed by atoms with E-state index in [1.54, 1.807) is 13.0 Å². The van der Waals surface area contributed by atoms with Gasteiger partial charge in [0, 0.05) is 19.5 Å². The molecule has 0 N–H and O–H groups in total. The van der Waals surface area contributed by atoms with Gasteiger partial charge in [-0.25, -0.2) is 0 Å². The lowest BCUT2D eigenvalue weighted by atomic mass is 10.3. The molecule has 0 rings (SSSR count). The van der Waals surface area contributed by atoms with Crippen LogP contribution in [-0.2, 0) is 9.53 Å². The summed E-state index contributed by atoms with van der Waals surface area (Å²) < 4.78 is 4.87. The highest BCUT2D eigenvalue weighted by Crippen LogP contribution is 1.93. The van der Waals surface area contributed by atoms with E-state index < -0.39 is 0 Å². The van der Waals surface area contributed by atoms with E-state index in [2.05, 4.69) is 18.4 Å². The van der Waals surface area contributed by atoms with Gasteiger partial charge in [-0.15, -0.1) is 18.4 Å². The summed E-state index contributed by atoms with van der Waals surface area (Å²) in [6.07, 6.45) is 2.54. The van der Waals surface area contributed by atoms with Crippen LogP contribution in [-0.4, -0.2) is 37.1 Å². The lowest BCUT2D eigenvalue weighted by Gasteiger charge is -2.17. The van der Waals surface area contributed by atoms with Crippen LogP contribution >= 0.6 is 0 Å². The Morgan fingerprint density at radius 3 is 2.87 bits per heavy atom. The van der Waals surface area contributed by atoms with Crippen LogP contribution in [0.3, 0.4) is 0 Å². The molecule has 0 heterocycles. The summed E-state index contributed by atoms with van der Waals surface area (Å²) in [5, 5.41) is 0. The molecule has 0 unspecified atom stereocenters. The number of esters is 1. The Morgan fingerprint density at radius 2 is 2.33 bits per heavy atom. The van der Waals surface area contributed by atoms with E-state index in [1.807, 2.05) is 11.8 Å². The smallest absolute Gasteiger partial charge is 0.320 e. The summed E-state index contributed by atoms with van der Waals surface area (Å²) in [5.41, 5.74) is 0. The van der Waals surface area contributed by atoms with Gasteiger partial charge in [-0.1, -0.05) is 6.08 Å². The number of hydrogen-bond donors (Lipinski definition) is 0. The van der Waals surface area contributed by atoms with Gasteiger partial charge in [-0.05, 0) is 13.8 Å². The van der Waals surface area contributed by atoms with E-state index in [-0.39, 0.29) is 5.97 Å². The van der Waals surface area contributed by atoms with Crippen molar-refractivity contribution in [1.29, 1.82) is 0 Å². The minimum Gasteiger partial charge on any atom is -0.465 e. The molecule has 3 nitrogen and oxygen atoms in total. The summed E-state index contributed by atoms with van der Waals surface area (Å²) in [4.78, 5) is 13.2. The Kier molecular flexibility index (Phi) is 8.50. The second kappa shape index (κ2) is 9.29. The standard InChI is InChI=1S/C12H19NO2/c1-4-7-8-10-13(9-5-2)11-12(14)15-6-3/h5H,2,6,8-11H2,1,3H3. The molecule has 0 saturated heterocycles. The maximum absolute atomic E-state index is 11.2. The van der Waals surface area contributed by atoms with Gasteiger partial charge < -0.3 is 4.74 Å². The first-order chi connectivity index (χ1) is 7.24. The quantitative estimate of drug-likeness (QED) is 0.361. The van der Waals surface area contributed by atoms with Crippen molar-refractivity contribution in [2.45, 2.75) is 20.3 Å². The van der Waals surface area contributed by atoms with E-state index >= 15 is 0 Å². The van der Waals surface area contributed by atoms with Crippen molar-refractivity contribution in [2.24, 2.45) is 0 Å². The molecule has 0 aromatic rings. The van der Waals surface area contributed by atoms with Crippen molar-refractivity contribution in [3.05, 3.63) is 12.7 Å². The van der Waals surface area contributed by atoms with Crippen molar-refractivity contribution in [3.63, 3.8) is 0 Å². The van der Waals surface area contributed by atoms with E-state index in [0.29, 0.717) is 19.7 Å². The third kappa shape index (κ3) is 7.77. The number of hydrogen-bond acceptors (Lipinski definition) is 3. The number of rotatable bonds is 7. The molecule has 0 aromatic heterocycles. The molecule has 0 aromatic carbocycles. The summed E-state index contributed by atoms with van der Waals surface area (Å²) in [6, 6.07) is 0. The molecule has 0 bridgehead atoms. The summed E-state index contributed by atoms with van der Waals surface area (Å²) in [7, 11) is 0. The van der Waals surface area contributed by atoms with Gasteiger partial charge >= 0.3 is 5.97 Å². The lowest BCUT2D eigenvalue weighted by molar-refractivity contribution is -0.144. The predicted octanol–water partition coefficient (Wildman–Crippen LogP) is 1.45. The van der Waals surface area contributed by atoms with Gasteiger partial charge in [0.2, 0.25) is 0 Å². The average molecular weight is 209 g/mol. The third-order valence-electron chi connectivity index (χ3n) is 1.78. The minimum atomic E-state index is -0.191. The highest BCUT2D eigenvalue weighted by Gasteiger charge is 2.08. The summed E-state index contributed by atoms with van der Waals surface area (Å²) >= 11 is 0. The highest BCUT2D eigenvalue weighted by molar-refractivity contribution is 5.71. The molecule has 0 spiro atoms. The molecule has 0 aliphatic carbocycles. The first-order valence-electron chi connectivity index (χ1n) is 5.13. The normalized spacial score (nSPS) is 9.27. The molecule has 84 valence electrons. The van der Waals surface area contributed by atoms with E-state index in [0.717, 1.165) is 13.0 Å². The molecular formula is C12H19NO2. The molecule has 3 heteroatoms. The van der Waals surface area contributed by atoms with Crippen molar-refractivity contribution in [3.8, 4) is 11.8 Å². The van der Waals surface area contributed by atoms with Crippen LogP contribution in [0.15, 0.2) is 12.7 Å². The van der Waals surface area contributed by atoms with Gasteiger partial charge in [0.25, 0.3) is 0 Å². The fraction of sp³-hybridized carbons (Fsp3) is 0.583. The van der Waals surface area contributed by atoms with Crippen LogP contribution in [0.5, 0.6) is 0 Å². The van der Waals surface area contributed by atoms with Gasteiger partial charge in [0.05, 0.1) is 13.2 Å². The molecule has 15 heavy (non-hydrogen) atoms. The second-order valence-electron chi connectivity index (χ2n) is 3.01. The second-order valence-corrected chi connectivity index (χ2v) is 3.01. The van der Waals surface area contributed by atoms with E-state index in [1.165, 1.54) is 0 Å². The van der Waals surface area contributed by atoms with Crippen molar-refractivity contribution in [1.82, 2.24) is 4.90 Å². The van der Waals surface area contributed by atoms with E-state index in [4.69, 9.17) is 4.74 Å². The van der Waals surface area contributed by atoms with E-state index in [9.17, 15) is 4.79 Å². The van der Waals surface area contributed by atoms with Crippen LogP contribution in [0.1, 0.15) is 20.3 Å². The average Bonchev–Trinajstić information content (AvgIpc) is 2.18. The Balaban J connectivity index is 3.94. The number of carbonyl (C=O) groups is 1.